The number of hydrogen-bond donors (Lipinski definition) is 2. The van der Waals surface area contributed by atoms with Gasteiger partial charge in [-0.3, -0.25) is 4.99 Å². The molecule has 2 aromatic heterocycles. The molecule has 1 aromatic carbocycles. The molecule has 0 aliphatic carbocycles. The standard InChI is InChI=1S/C19H22N4OS2/c1-20-19(22-12-14-5-4-10-25-14)21-11-13-8-9-16(24-13)18-23-15-6-2-3-7-17(15)26-18/h2-3,6-9,14H,4-5,10-12H2,1H3,(H2,20,21,22). The first-order valence-electron chi connectivity index (χ1n) is 8.82. The van der Waals surface area contributed by atoms with Crippen LogP contribution in [0.1, 0.15) is 18.6 Å². The number of fused-ring (bicyclic) bond motifs is 1. The number of aromatic nitrogens is 1. The van der Waals surface area contributed by atoms with Crippen LogP contribution in [-0.2, 0) is 6.54 Å². The van der Waals surface area contributed by atoms with Crippen molar-refractivity contribution in [3.8, 4) is 10.8 Å². The average molecular weight is 387 g/mol. The van der Waals surface area contributed by atoms with Gasteiger partial charge < -0.3 is 15.1 Å². The quantitative estimate of drug-likeness (QED) is 0.510. The number of benzene rings is 1. The molecule has 2 N–H and O–H groups in total. The molecule has 1 aliphatic heterocycles. The van der Waals surface area contributed by atoms with Gasteiger partial charge in [0.05, 0.1) is 16.8 Å². The summed E-state index contributed by atoms with van der Waals surface area (Å²) in [5.41, 5.74) is 1.01. The molecule has 1 unspecified atom stereocenters. The van der Waals surface area contributed by atoms with Crippen LogP contribution in [0, 0.1) is 0 Å². The SMILES string of the molecule is CN=C(NCc1ccc(-c2nc3ccccc3s2)o1)NCC1CCCS1. The van der Waals surface area contributed by atoms with Crippen LogP contribution in [0.5, 0.6) is 0 Å². The third-order valence-electron chi connectivity index (χ3n) is 4.34. The lowest BCUT2D eigenvalue weighted by Crippen LogP contribution is -2.39. The van der Waals surface area contributed by atoms with Gasteiger partial charge in [-0.2, -0.15) is 11.8 Å². The van der Waals surface area contributed by atoms with Gasteiger partial charge >= 0.3 is 0 Å². The molecule has 1 fully saturated rings. The highest BCUT2D eigenvalue weighted by Gasteiger charge is 2.16. The maximum Gasteiger partial charge on any atom is 0.191 e. The Hall–Kier alpha value is -1.99. The molecule has 0 bridgehead atoms. The van der Waals surface area contributed by atoms with Crippen molar-refractivity contribution in [3.63, 3.8) is 0 Å². The minimum absolute atomic E-state index is 0.600. The predicted octanol–water partition coefficient (Wildman–Crippen LogP) is 4.12. The molecule has 1 aliphatic rings. The number of aliphatic imine (C=N–C) groups is 1. The summed E-state index contributed by atoms with van der Waals surface area (Å²) in [6.45, 7) is 1.56. The van der Waals surface area contributed by atoms with E-state index in [9.17, 15) is 0 Å². The fourth-order valence-electron chi connectivity index (χ4n) is 2.97. The molecule has 3 aromatic rings. The number of nitrogens with zero attached hydrogens (tertiary/aromatic N) is 2. The Bertz CT molecular complexity index is 863. The first kappa shape index (κ1) is 17.4. The number of guanidine groups is 1. The van der Waals surface area contributed by atoms with Crippen LogP contribution in [-0.4, -0.2) is 35.5 Å². The van der Waals surface area contributed by atoms with E-state index in [2.05, 4.69) is 26.7 Å². The summed E-state index contributed by atoms with van der Waals surface area (Å²) >= 11 is 3.69. The zero-order valence-corrected chi connectivity index (χ0v) is 16.3. The Kier molecular flexibility index (Phi) is 5.45. The lowest BCUT2D eigenvalue weighted by Gasteiger charge is -2.14. The summed E-state index contributed by atoms with van der Waals surface area (Å²) in [5.74, 6) is 3.78. The fraction of sp³-hybridized carbons (Fsp3) is 0.368. The molecule has 0 amide bonds. The van der Waals surface area contributed by atoms with Gasteiger partial charge in [0.25, 0.3) is 0 Å². The molecule has 7 heteroatoms. The number of nitrogens with one attached hydrogen (secondary N) is 2. The van der Waals surface area contributed by atoms with Gasteiger partial charge in [0.15, 0.2) is 16.7 Å². The Morgan fingerprint density at radius 3 is 3.00 bits per heavy atom. The monoisotopic (exact) mass is 386 g/mol. The highest BCUT2D eigenvalue weighted by molar-refractivity contribution is 8.00. The number of furan rings is 1. The van der Waals surface area contributed by atoms with E-state index in [1.54, 1.807) is 18.4 Å². The smallest absolute Gasteiger partial charge is 0.191 e. The molecule has 1 saturated heterocycles. The second-order valence-electron chi connectivity index (χ2n) is 6.19. The zero-order chi connectivity index (χ0) is 17.8. The molecule has 4 rings (SSSR count). The van der Waals surface area contributed by atoms with Gasteiger partial charge in [-0.15, -0.1) is 11.3 Å². The van der Waals surface area contributed by atoms with Crippen molar-refractivity contribution in [2.75, 3.05) is 19.3 Å². The van der Waals surface area contributed by atoms with E-state index < -0.39 is 0 Å². The van der Waals surface area contributed by atoms with Crippen LogP contribution in [0.3, 0.4) is 0 Å². The largest absolute Gasteiger partial charge is 0.457 e. The minimum Gasteiger partial charge on any atom is -0.457 e. The second-order valence-corrected chi connectivity index (χ2v) is 8.63. The molecule has 136 valence electrons. The van der Waals surface area contributed by atoms with Crippen LogP contribution in [0.25, 0.3) is 21.0 Å². The van der Waals surface area contributed by atoms with E-state index in [0.717, 1.165) is 34.5 Å². The average Bonchev–Trinajstić information content (AvgIpc) is 3.41. The van der Waals surface area contributed by atoms with Gasteiger partial charge in [0, 0.05) is 18.8 Å². The highest BCUT2D eigenvalue weighted by Crippen LogP contribution is 2.31. The number of thioether (sulfide) groups is 1. The Morgan fingerprint density at radius 2 is 2.19 bits per heavy atom. The van der Waals surface area contributed by atoms with E-state index in [0.29, 0.717) is 11.8 Å². The molecule has 26 heavy (non-hydrogen) atoms. The molecular weight excluding hydrogens is 364 g/mol. The number of thiazole rings is 1. The van der Waals surface area contributed by atoms with Gasteiger partial charge in [0.1, 0.15) is 5.76 Å². The Labute approximate surface area is 161 Å². The van der Waals surface area contributed by atoms with Crippen molar-refractivity contribution in [3.05, 3.63) is 42.2 Å². The number of para-hydroxylation sites is 1. The lowest BCUT2D eigenvalue weighted by molar-refractivity contribution is 0.513. The summed E-state index contributed by atoms with van der Waals surface area (Å²) in [4.78, 5) is 8.94. The zero-order valence-electron chi connectivity index (χ0n) is 14.7. The Balaban J connectivity index is 1.35. The van der Waals surface area contributed by atoms with Crippen molar-refractivity contribution in [2.45, 2.75) is 24.6 Å². The van der Waals surface area contributed by atoms with Crippen molar-refractivity contribution < 1.29 is 4.42 Å². The van der Waals surface area contributed by atoms with Crippen LogP contribution in [0.15, 0.2) is 45.8 Å². The van der Waals surface area contributed by atoms with E-state index in [1.807, 2.05) is 42.1 Å². The van der Waals surface area contributed by atoms with Crippen LogP contribution in [0.2, 0.25) is 0 Å². The Morgan fingerprint density at radius 1 is 1.27 bits per heavy atom. The summed E-state index contributed by atoms with van der Waals surface area (Å²) in [6.07, 6.45) is 2.61. The van der Waals surface area contributed by atoms with E-state index >= 15 is 0 Å². The third kappa shape index (κ3) is 4.04. The van der Waals surface area contributed by atoms with Gasteiger partial charge in [-0.1, -0.05) is 12.1 Å². The topological polar surface area (TPSA) is 62.5 Å². The van der Waals surface area contributed by atoms with E-state index in [-0.39, 0.29) is 0 Å². The van der Waals surface area contributed by atoms with E-state index in [1.165, 1.54) is 23.3 Å². The normalized spacial score (nSPS) is 17.7. The van der Waals surface area contributed by atoms with Gasteiger partial charge in [-0.25, -0.2) is 4.98 Å². The minimum atomic E-state index is 0.600. The summed E-state index contributed by atoms with van der Waals surface area (Å²) < 4.78 is 7.14. The molecule has 1 atom stereocenters. The molecule has 0 spiro atoms. The lowest BCUT2D eigenvalue weighted by atomic mass is 10.2. The molecular formula is C19H22N4OS2. The van der Waals surface area contributed by atoms with Gasteiger partial charge in [0.2, 0.25) is 0 Å². The first-order valence-corrected chi connectivity index (χ1v) is 10.7. The first-order chi connectivity index (χ1) is 12.8. The maximum absolute atomic E-state index is 5.97. The predicted molar refractivity (Wildman–Crippen MR) is 111 cm³/mol. The van der Waals surface area contributed by atoms with Crippen molar-refractivity contribution >= 4 is 39.3 Å². The summed E-state index contributed by atoms with van der Waals surface area (Å²) in [6, 6.07) is 12.1. The fourth-order valence-corrected chi connectivity index (χ4v) is 5.10. The molecule has 5 nitrogen and oxygen atoms in total. The van der Waals surface area contributed by atoms with Crippen LogP contribution < -0.4 is 10.6 Å². The van der Waals surface area contributed by atoms with Crippen LogP contribution >= 0.6 is 23.1 Å². The molecule has 0 radical (unpaired) electrons. The number of rotatable bonds is 5. The number of hydrogen-bond acceptors (Lipinski definition) is 5. The third-order valence-corrected chi connectivity index (χ3v) is 6.79. The van der Waals surface area contributed by atoms with Crippen molar-refractivity contribution in [1.82, 2.24) is 15.6 Å². The molecule has 0 saturated carbocycles. The second kappa shape index (κ2) is 8.14. The van der Waals surface area contributed by atoms with Gasteiger partial charge in [-0.05, 0) is 42.9 Å². The van der Waals surface area contributed by atoms with Crippen LogP contribution in [0.4, 0.5) is 0 Å². The summed E-state index contributed by atoms with van der Waals surface area (Å²) in [5, 5.41) is 8.34. The summed E-state index contributed by atoms with van der Waals surface area (Å²) in [7, 11) is 1.80. The highest BCUT2D eigenvalue weighted by atomic mass is 32.2. The van der Waals surface area contributed by atoms with E-state index in [4.69, 9.17) is 4.42 Å². The van der Waals surface area contributed by atoms with Crippen molar-refractivity contribution in [1.29, 1.82) is 0 Å². The maximum atomic E-state index is 5.97. The van der Waals surface area contributed by atoms with Crippen molar-refractivity contribution in [2.24, 2.45) is 4.99 Å². The molecule has 3 heterocycles.